The van der Waals surface area contributed by atoms with Crippen molar-refractivity contribution in [1.29, 1.82) is 0 Å². The first-order valence-electron chi connectivity index (χ1n) is 2.27. The Kier molecular flexibility index (Phi) is 1.53. The molecule has 1 rings (SSSR count). The van der Waals surface area contributed by atoms with Crippen LogP contribution in [0, 0.1) is 0 Å². The fourth-order valence-electron chi connectivity index (χ4n) is 0.408. The lowest BCUT2D eigenvalue weighted by Crippen LogP contribution is -2.27. The Labute approximate surface area is 55.3 Å². The maximum absolute atomic E-state index is 10.3. The lowest BCUT2D eigenvalue weighted by Gasteiger charge is -1.95. The molecule has 0 aromatic carbocycles. The zero-order valence-corrected chi connectivity index (χ0v) is 5.72. The van der Waals surface area contributed by atoms with Crippen LogP contribution in [0.3, 0.4) is 0 Å². The van der Waals surface area contributed by atoms with Gasteiger partial charge in [-0.15, -0.1) is 0 Å². The third kappa shape index (κ3) is 1.20. The van der Waals surface area contributed by atoms with Crippen LogP contribution < -0.4 is 5.73 Å². The zero-order valence-electron chi connectivity index (χ0n) is 4.13. The fourth-order valence-corrected chi connectivity index (χ4v) is 0.713. The summed E-state index contributed by atoms with van der Waals surface area (Å²) >= 11 is 3.07. The van der Waals surface area contributed by atoms with E-state index in [4.69, 9.17) is 10.5 Å². The number of ether oxygens (including phenoxy) is 1. The minimum atomic E-state index is -0.354. The fraction of sp³-hybridized carbons (Fsp3) is 0.750. The van der Waals surface area contributed by atoms with Crippen molar-refractivity contribution >= 4 is 21.8 Å². The second-order valence-corrected chi connectivity index (χ2v) is 2.66. The molecule has 1 aliphatic rings. The van der Waals surface area contributed by atoms with Crippen molar-refractivity contribution in [1.82, 2.24) is 0 Å². The first-order chi connectivity index (χ1) is 3.72. The van der Waals surface area contributed by atoms with Gasteiger partial charge in [0.15, 0.2) is 0 Å². The van der Waals surface area contributed by atoms with Gasteiger partial charge in [-0.25, -0.2) is 0 Å². The molecule has 1 amide bonds. The van der Waals surface area contributed by atoms with E-state index in [0.29, 0.717) is 6.61 Å². The average Bonchev–Trinajstić information content (AvgIpc) is 2.43. The minimum Gasteiger partial charge on any atom is -0.371 e. The Morgan fingerprint density at radius 2 is 2.50 bits per heavy atom. The van der Waals surface area contributed by atoms with Crippen LogP contribution in [0.5, 0.6) is 0 Å². The van der Waals surface area contributed by atoms with Gasteiger partial charge in [-0.1, -0.05) is 15.9 Å². The van der Waals surface area contributed by atoms with E-state index in [9.17, 15) is 4.79 Å². The number of carbonyl (C=O) groups excluding carboxylic acids is 1. The molecule has 0 unspecified atom stereocenters. The molecule has 3 nitrogen and oxygen atoms in total. The monoisotopic (exact) mass is 179 g/mol. The highest BCUT2D eigenvalue weighted by Crippen LogP contribution is 2.19. The number of alkyl halides is 1. The molecule has 0 spiro atoms. The highest BCUT2D eigenvalue weighted by atomic mass is 79.9. The molecule has 0 aromatic rings. The number of hydrogen-bond donors (Lipinski definition) is 1. The van der Waals surface area contributed by atoms with Crippen LogP contribution in [0.1, 0.15) is 0 Å². The lowest BCUT2D eigenvalue weighted by atomic mass is 10.3. The van der Waals surface area contributed by atoms with Gasteiger partial charge in [-0.3, -0.25) is 4.79 Å². The van der Waals surface area contributed by atoms with E-state index in [-0.39, 0.29) is 16.8 Å². The number of halogens is 1. The molecule has 2 N–H and O–H groups in total. The van der Waals surface area contributed by atoms with Crippen molar-refractivity contribution in [3.63, 3.8) is 0 Å². The Morgan fingerprint density at radius 1 is 2.00 bits per heavy atom. The molecule has 1 fully saturated rings. The molecule has 1 aliphatic heterocycles. The van der Waals surface area contributed by atoms with Gasteiger partial charge < -0.3 is 10.5 Å². The number of rotatable bonds is 2. The van der Waals surface area contributed by atoms with Crippen LogP contribution in [0.25, 0.3) is 0 Å². The smallest absolute Gasteiger partial charge is 0.233 e. The molecule has 0 saturated carbocycles. The van der Waals surface area contributed by atoms with Crippen molar-refractivity contribution in [3.8, 4) is 0 Å². The van der Waals surface area contributed by atoms with Crippen LogP contribution >= 0.6 is 15.9 Å². The molecule has 8 heavy (non-hydrogen) atoms. The first kappa shape index (κ1) is 6.04. The van der Waals surface area contributed by atoms with Gasteiger partial charge in [-0.05, 0) is 0 Å². The largest absolute Gasteiger partial charge is 0.371 e. The summed E-state index contributed by atoms with van der Waals surface area (Å²) in [4.78, 5) is 9.99. The predicted octanol–water partition coefficient (Wildman–Crippen LogP) is -0.366. The van der Waals surface area contributed by atoms with Gasteiger partial charge in [0, 0.05) is 0 Å². The molecule has 0 radical (unpaired) electrons. The molecule has 46 valence electrons. The summed E-state index contributed by atoms with van der Waals surface area (Å²) in [7, 11) is 0. The van der Waals surface area contributed by atoms with Crippen LogP contribution in [0.2, 0.25) is 0 Å². The highest BCUT2D eigenvalue weighted by Gasteiger charge is 2.34. The quantitative estimate of drug-likeness (QED) is 0.465. The van der Waals surface area contributed by atoms with Gasteiger partial charge in [0.05, 0.1) is 6.61 Å². The van der Waals surface area contributed by atoms with E-state index in [1.165, 1.54) is 0 Å². The van der Waals surface area contributed by atoms with Gasteiger partial charge in [0.2, 0.25) is 5.91 Å². The van der Waals surface area contributed by atoms with Crippen molar-refractivity contribution in [3.05, 3.63) is 0 Å². The summed E-state index contributed by atoms with van der Waals surface area (Å²) in [6.45, 7) is 0.652. The number of hydrogen-bond acceptors (Lipinski definition) is 2. The van der Waals surface area contributed by atoms with E-state index in [0.717, 1.165) is 0 Å². The van der Waals surface area contributed by atoms with Gasteiger partial charge in [-0.2, -0.15) is 0 Å². The van der Waals surface area contributed by atoms with E-state index in [1.807, 2.05) is 0 Å². The minimum absolute atomic E-state index is 0.0347. The van der Waals surface area contributed by atoms with Crippen LogP contribution in [0.15, 0.2) is 0 Å². The highest BCUT2D eigenvalue weighted by molar-refractivity contribution is 9.10. The number of epoxide rings is 1. The molecular formula is C4H6BrNO2. The standard InChI is InChI=1S/C4H6BrNO2/c5-3(4(6)7)2-1-8-2/h2-3H,1H2,(H2,6,7)/t2-,3+/m0/s1. The summed E-state index contributed by atoms with van der Waals surface area (Å²) in [5.41, 5.74) is 4.91. The molecular weight excluding hydrogens is 174 g/mol. The first-order valence-corrected chi connectivity index (χ1v) is 3.18. The summed E-state index contributed by atoms with van der Waals surface area (Å²) in [6, 6.07) is 0. The molecule has 0 aliphatic carbocycles. The van der Waals surface area contributed by atoms with Gasteiger partial charge >= 0.3 is 0 Å². The molecule has 0 bridgehead atoms. The predicted molar refractivity (Wildman–Crippen MR) is 31.6 cm³/mol. The SMILES string of the molecule is NC(=O)[C@H](Br)[C@@H]1CO1. The van der Waals surface area contributed by atoms with Crippen molar-refractivity contribution in [2.24, 2.45) is 5.73 Å². The maximum atomic E-state index is 10.3. The number of primary amides is 1. The van der Waals surface area contributed by atoms with Crippen LogP contribution in [-0.4, -0.2) is 23.4 Å². The molecule has 2 atom stereocenters. The van der Waals surface area contributed by atoms with E-state index < -0.39 is 0 Å². The van der Waals surface area contributed by atoms with Crippen molar-refractivity contribution in [2.75, 3.05) is 6.61 Å². The molecule has 4 heteroatoms. The van der Waals surface area contributed by atoms with Crippen molar-refractivity contribution in [2.45, 2.75) is 10.9 Å². The summed E-state index contributed by atoms with van der Waals surface area (Å²) in [5, 5.41) is 0. The summed E-state index contributed by atoms with van der Waals surface area (Å²) in [6.07, 6.45) is 0.0347. The van der Waals surface area contributed by atoms with Gasteiger partial charge in [0.1, 0.15) is 10.9 Å². The van der Waals surface area contributed by atoms with E-state index in [1.54, 1.807) is 0 Å². The second kappa shape index (κ2) is 2.03. The van der Waals surface area contributed by atoms with Crippen molar-refractivity contribution < 1.29 is 9.53 Å². The number of amides is 1. The molecule has 0 aromatic heterocycles. The maximum Gasteiger partial charge on any atom is 0.233 e. The Morgan fingerprint density at radius 3 is 2.62 bits per heavy atom. The average molecular weight is 180 g/mol. The van der Waals surface area contributed by atoms with Crippen LogP contribution in [0.4, 0.5) is 0 Å². The summed E-state index contributed by atoms with van der Waals surface area (Å²) < 4.78 is 4.78. The zero-order chi connectivity index (χ0) is 6.15. The van der Waals surface area contributed by atoms with E-state index in [2.05, 4.69) is 15.9 Å². The molecule has 1 saturated heterocycles. The normalized spacial score (nSPS) is 29.4. The third-order valence-corrected chi connectivity index (χ3v) is 2.00. The molecule has 1 heterocycles. The number of carbonyl (C=O) groups is 1. The van der Waals surface area contributed by atoms with Gasteiger partial charge in [0.25, 0.3) is 0 Å². The number of nitrogens with two attached hydrogens (primary N) is 1. The second-order valence-electron chi connectivity index (χ2n) is 1.68. The third-order valence-electron chi connectivity index (χ3n) is 0.957. The summed E-state index contributed by atoms with van der Waals surface area (Å²) in [5.74, 6) is -0.354. The Hall–Kier alpha value is -0.0900. The van der Waals surface area contributed by atoms with Crippen LogP contribution in [-0.2, 0) is 9.53 Å². The topological polar surface area (TPSA) is 55.6 Å². The van der Waals surface area contributed by atoms with E-state index >= 15 is 0 Å². The Balaban J connectivity index is 2.32. The Bertz CT molecular complexity index is 113. The lowest BCUT2D eigenvalue weighted by molar-refractivity contribution is -0.117.